The molecule has 148 valence electrons. The minimum absolute atomic E-state index is 0.0336. The first kappa shape index (κ1) is 23.3. The highest BCUT2D eigenvalue weighted by Gasteiger charge is 2.23. The summed E-state index contributed by atoms with van der Waals surface area (Å²) >= 11 is 0. The third-order valence-electron chi connectivity index (χ3n) is 3.33. The monoisotopic (exact) mass is 375 g/mol. The first-order valence-corrected chi connectivity index (χ1v) is 8.13. The average Bonchev–Trinajstić information content (AvgIpc) is 2.58. The fraction of sp³-hybridized carbons (Fsp3) is 0.667. The Bertz CT molecular complexity index is 523. The summed E-state index contributed by atoms with van der Waals surface area (Å²) in [7, 11) is 0. The van der Waals surface area contributed by atoms with Gasteiger partial charge in [-0.25, -0.2) is 4.79 Å². The third kappa shape index (κ3) is 10.2. The summed E-state index contributed by atoms with van der Waals surface area (Å²) in [5, 5.41) is 33.0. The number of carboxylic acid groups (broad SMARTS) is 2. The Hall–Kier alpha value is -2.69. The number of amides is 3. The summed E-state index contributed by atoms with van der Waals surface area (Å²) in [6.07, 6.45) is -0.0486. The van der Waals surface area contributed by atoms with Crippen molar-refractivity contribution >= 4 is 29.7 Å². The van der Waals surface area contributed by atoms with E-state index < -0.39 is 48.3 Å². The number of hydrogen-bond acceptors (Lipinski definition) is 6. The standard InChI is InChI=1S/C15H25N3O8/c1-2-9(14(24)16-8-13(22)23)17-12(21)6-5-10(15(25)26)18-11(20)4-3-7-19/h9-10,19H,2-8H2,1H3,(H,16,24)(H,17,21)(H,18,20)(H,22,23)(H,25,26). The quantitative estimate of drug-likeness (QED) is 0.218. The Kier molecular flexibility index (Phi) is 11.3. The molecule has 0 aliphatic carbocycles. The van der Waals surface area contributed by atoms with Crippen molar-refractivity contribution in [2.75, 3.05) is 13.2 Å². The van der Waals surface area contributed by atoms with Crippen LogP contribution in [-0.2, 0) is 24.0 Å². The number of carbonyl (C=O) groups excluding carboxylic acids is 3. The normalized spacial score (nSPS) is 12.5. The average molecular weight is 375 g/mol. The zero-order chi connectivity index (χ0) is 20.1. The van der Waals surface area contributed by atoms with Crippen molar-refractivity contribution in [1.29, 1.82) is 0 Å². The van der Waals surface area contributed by atoms with Crippen LogP contribution in [0.4, 0.5) is 0 Å². The van der Waals surface area contributed by atoms with E-state index in [9.17, 15) is 24.0 Å². The lowest BCUT2D eigenvalue weighted by Gasteiger charge is -2.18. The molecular weight excluding hydrogens is 350 g/mol. The van der Waals surface area contributed by atoms with E-state index in [2.05, 4.69) is 16.0 Å². The number of aliphatic hydroxyl groups excluding tert-OH is 1. The van der Waals surface area contributed by atoms with E-state index in [0.29, 0.717) is 0 Å². The van der Waals surface area contributed by atoms with E-state index in [1.807, 2.05) is 0 Å². The van der Waals surface area contributed by atoms with E-state index >= 15 is 0 Å². The molecule has 2 atom stereocenters. The molecule has 0 bridgehead atoms. The summed E-state index contributed by atoms with van der Waals surface area (Å²) in [6.45, 7) is 0.842. The van der Waals surface area contributed by atoms with Crippen LogP contribution in [0.1, 0.15) is 39.0 Å². The van der Waals surface area contributed by atoms with E-state index in [-0.39, 0.29) is 38.7 Å². The Morgan fingerprint density at radius 1 is 0.923 bits per heavy atom. The van der Waals surface area contributed by atoms with Gasteiger partial charge in [-0.1, -0.05) is 6.92 Å². The number of carboxylic acids is 2. The van der Waals surface area contributed by atoms with Crippen LogP contribution >= 0.6 is 0 Å². The molecule has 26 heavy (non-hydrogen) atoms. The maximum absolute atomic E-state index is 11.9. The number of hydrogen-bond donors (Lipinski definition) is 6. The van der Waals surface area contributed by atoms with Crippen LogP contribution in [0.3, 0.4) is 0 Å². The van der Waals surface area contributed by atoms with Gasteiger partial charge in [-0.3, -0.25) is 19.2 Å². The van der Waals surface area contributed by atoms with Crippen molar-refractivity contribution in [3.05, 3.63) is 0 Å². The SMILES string of the molecule is CCC(NC(=O)CCC(NC(=O)CCCO)C(=O)O)C(=O)NCC(=O)O. The molecule has 0 rings (SSSR count). The van der Waals surface area contributed by atoms with E-state index in [4.69, 9.17) is 15.3 Å². The van der Waals surface area contributed by atoms with Gasteiger partial charge in [-0.2, -0.15) is 0 Å². The smallest absolute Gasteiger partial charge is 0.326 e. The van der Waals surface area contributed by atoms with Crippen molar-refractivity contribution in [1.82, 2.24) is 16.0 Å². The molecule has 6 N–H and O–H groups in total. The fourth-order valence-electron chi connectivity index (χ4n) is 1.94. The molecule has 0 aliphatic rings. The zero-order valence-corrected chi connectivity index (χ0v) is 14.5. The lowest BCUT2D eigenvalue weighted by Crippen LogP contribution is -2.48. The maximum Gasteiger partial charge on any atom is 0.326 e. The Balaban J connectivity index is 4.48. The highest BCUT2D eigenvalue weighted by Crippen LogP contribution is 2.01. The van der Waals surface area contributed by atoms with Crippen molar-refractivity contribution in [2.24, 2.45) is 0 Å². The van der Waals surface area contributed by atoms with Gasteiger partial charge in [0.05, 0.1) is 0 Å². The minimum atomic E-state index is -1.30. The highest BCUT2D eigenvalue weighted by atomic mass is 16.4. The Morgan fingerprint density at radius 3 is 2.00 bits per heavy atom. The molecule has 0 spiro atoms. The summed E-state index contributed by atoms with van der Waals surface area (Å²) in [5.41, 5.74) is 0. The molecular formula is C15H25N3O8. The number of nitrogens with one attached hydrogen (secondary N) is 3. The second kappa shape index (κ2) is 12.6. The molecule has 0 heterocycles. The first-order chi connectivity index (χ1) is 12.2. The van der Waals surface area contributed by atoms with Gasteiger partial charge in [-0.15, -0.1) is 0 Å². The molecule has 2 unspecified atom stereocenters. The molecule has 11 nitrogen and oxygen atoms in total. The van der Waals surface area contributed by atoms with Crippen molar-refractivity contribution < 1.29 is 39.3 Å². The Labute approximate surface area is 150 Å². The summed E-state index contributed by atoms with van der Waals surface area (Å²) in [6, 6.07) is -2.21. The third-order valence-corrected chi connectivity index (χ3v) is 3.33. The first-order valence-electron chi connectivity index (χ1n) is 8.13. The van der Waals surface area contributed by atoms with Crippen LogP contribution in [0.2, 0.25) is 0 Å². The Morgan fingerprint density at radius 2 is 1.50 bits per heavy atom. The van der Waals surface area contributed by atoms with Gasteiger partial charge in [0.1, 0.15) is 18.6 Å². The van der Waals surface area contributed by atoms with Gasteiger partial charge >= 0.3 is 11.9 Å². The highest BCUT2D eigenvalue weighted by molar-refractivity contribution is 5.89. The van der Waals surface area contributed by atoms with Gasteiger partial charge in [0, 0.05) is 19.4 Å². The van der Waals surface area contributed by atoms with Crippen LogP contribution in [0.15, 0.2) is 0 Å². The largest absolute Gasteiger partial charge is 0.480 e. The van der Waals surface area contributed by atoms with Crippen molar-refractivity contribution in [3.8, 4) is 0 Å². The maximum atomic E-state index is 11.9. The second-order valence-corrected chi connectivity index (χ2v) is 5.46. The van der Waals surface area contributed by atoms with Crippen LogP contribution in [0, 0.1) is 0 Å². The number of carbonyl (C=O) groups is 5. The molecule has 11 heteroatoms. The molecule has 3 amide bonds. The number of aliphatic hydroxyl groups is 1. The van der Waals surface area contributed by atoms with E-state index in [0.717, 1.165) is 0 Å². The second-order valence-electron chi connectivity index (χ2n) is 5.46. The number of aliphatic carboxylic acids is 2. The van der Waals surface area contributed by atoms with Crippen molar-refractivity contribution in [3.63, 3.8) is 0 Å². The molecule has 0 saturated carbocycles. The predicted molar refractivity (Wildman–Crippen MR) is 88.0 cm³/mol. The zero-order valence-electron chi connectivity index (χ0n) is 14.5. The topological polar surface area (TPSA) is 182 Å². The summed E-state index contributed by atoms with van der Waals surface area (Å²) in [5.74, 6) is -4.33. The molecule has 0 aliphatic heterocycles. The molecule has 0 aromatic heterocycles. The van der Waals surface area contributed by atoms with Gasteiger partial charge in [0.25, 0.3) is 0 Å². The van der Waals surface area contributed by atoms with Crippen LogP contribution < -0.4 is 16.0 Å². The fourth-order valence-corrected chi connectivity index (χ4v) is 1.94. The predicted octanol–water partition coefficient (Wildman–Crippen LogP) is -1.80. The number of rotatable bonds is 13. The lowest BCUT2D eigenvalue weighted by atomic mass is 10.1. The van der Waals surface area contributed by atoms with Crippen LogP contribution in [-0.4, -0.2) is 70.2 Å². The van der Waals surface area contributed by atoms with E-state index in [1.165, 1.54) is 0 Å². The molecule has 0 fully saturated rings. The molecule has 0 aromatic rings. The van der Waals surface area contributed by atoms with Gasteiger partial charge < -0.3 is 31.3 Å². The summed E-state index contributed by atoms with van der Waals surface area (Å²) < 4.78 is 0. The van der Waals surface area contributed by atoms with Gasteiger partial charge in [0.2, 0.25) is 17.7 Å². The lowest BCUT2D eigenvalue weighted by molar-refractivity contribution is -0.142. The van der Waals surface area contributed by atoms with E-state index in [1.54, 1.807) is 6.92 Å². The molecule has 0 saturated heterocycles. The van der Waals surface area contributed by atoms with Crippen molar-refractivity contribution in [2.45, 2.75) is 51.1 Å². The van der Waals surface area contributed by atoms with Crippen LogP contribution in [0.5, 0.6) is 0 Å². The molecule has 0 aromatic carbocycles. The summed E-state index contributed by atoms with van der Waals surface area (Å²) in [4.78, 5) is 56.7. The minimum Gasteiger partial charge on any atom is -0.480 e. The van der Waals surface area contributed by atoms with Gasteiger partial charge in [-0.05, 0) is 19.3 Å². The molecule has 0 radical (unpaired) electrons. The van der Waals surface area contributed by atoms with Crippen LogP contribution in [0.25, 0.3) is 0 Å². The van der Waals surface area contributed by atoms with Gasteiger partial charge in [0.15, 0.2) is 0 Å².